The van der Waals surface area contributed by atoms with Crippen molar-refractivity contribution in [2.24, 2.45) is 0 Å². The lowest BCUT2D eigenvalue weighted by atomic mass is 10.3. The fourth-order valence-corrected chi connectivity index (χ4v) is 0.573. The third-order valence-corrected chi connectivity index (χ3v) is 1.03. The van der Waals surface area contributed by atoms with Crippen molar-refractivity contribution in [2.45, 2.75) is 20.0 Å². The molecule has 0 aromatic rings. The second kappa shape index (κ2) is 3.47. The highest BCUT2D eigenvalue weighted by Gasteiger charge is 1.99. The van der Waals surface area contributed by atoms with Crippen LogP contribution in [0, 0.1) is 0 Å². The second-order valence-electron chi connectivity index (χ2n) is 1.61. The van der Waals surface area contributed by atoms with Gasteiger partial charge in [0.2, 0.25) is 0 Å². The lowest BCUT2D eigenvalue weighted by Gasteiger charge is -2.04. The quantitative estimate of drug-likeness (QED) is 0.577. The third kappa shape index (κ3) is 1.96. The molecular formula is C6H12FN. The van der Waals surface area contributed by atoms with Crippen molar-refractivity contribution in [1.29, 1.82) is 0 Å². The summed E-state index contributed by atoms with van der Waals surface area (Å²) >= 11 is 0. The molecule has 0 unspecified atom stereocenters. The zero-order chi connectivity index (χ0) is 6.57. The number of nitrogens with one attached hydrogen (secondary N) is 1. The molecule has 1 N–H and O–H groups in total. The summed E-state index contributed by atoms with van der Waals surface area (Å²) < 4.78 is 12.2. The van der Waals surface area contributed by atoms with Crippen LogP contribution in [0.15, 0.2) is 11.8 Å². The van der Waals surface area contributed by atoms with Crippen LogP contribution in [-0.2, 0) is 0 Å². The number of hydrogen-bond acceptors (Lipinski definition) is 1. The van der Waals surface area contributed by atoms with Crippen molar-refractivity contribution in [3.8, 4) is 0 Å². The normalized spacial score (nSPS) is 15.8. The molecule has 2 heteroatoms. The van der Waals surface area contributed by atoms with Gasteiger partial charge in [0.15, 0.2) is 0 Å². The van der Waals surface area contributed by atoms with Crippen LogP contribution in [0.5, 0.6) is 0 Å². The molecule has 48 valence electrons. The smallest absolute Gasteiger partial charge is 0.136 e. The first-order valence-electron chi connectivity index (χ1n) is 2.70. The van der Waals surface area contributed by atoms with Crippen molar-refractivity contribution in [2.75, 3.05) is 7.05 Å². The van der Waals surface area contributed by atoms with Crippen molar-refractivity contribution < 1.29 is 4.39 Å². The molecule has 1 atom stereocenters. The predicted molar refractivity (Wildman–Crippen MR) is 33.4 cm³/mol. The monoisotopic (exact) mass is 117 g/mol. The number of allylic oxidation sites excluding steroid dienone is 2. The first-order chi connectivity index (χ1) is 3.72. The van der Waals surface area contributed by atoms with Crippen LogP contribution in [0.3, 0.4) is 0 Å². The zero-order valence-electron chi connectivity index (χ0n) is 5.53. The second-order valence-corrected chi connectivity index (χ2v) is 1.61. The minimum Gasteiger partial charge on any atom is -0.389 e. The van der Waals surface area contributed by atoms with Crippen LogP contribution in [0.2, 0.25) is 0 Å². The highest BCUT2D eigenvalue weighted by atomic mass is 19.1. The first-order valence-corrected chi connectivity index (χ1v) is 2.70. The van der Waals surface area contributed by atoms with Gasteiger partial charge >= 0.3 is 0 Å². The molecule has 0 aliphatic rings. The summed E-state index contributed by atoms with van der Waals surface area (Å²) in [6.07, 6.45) is 0.856. The summed E-state index contributed by atoms with van der Waals surface area (Å²) in [5.74, 6) is 0. The minimum absolute atomic E-state index is 0.644. The minimum atomic E-state index is -0.870. The van der Waals surface area contributed by atoms with Gasteiger partial charge in [-0.25, -0.2) is 4.39 Å². The number of halogens is 1. The Morgan fingerprint density at radius 2 is 2.25 bits per heavy atom. The summed E-state index contributed by atoms with van der Waals surface area (Å²) in [5.41, 5.74) is 0.644. The summed E-state index contributed by atoms with van der Waals surface area (Å²) in [7, 11) is 1.71. The fraction of sp³-hybridized carbons (Fsp3) is 0.667. The molecule has 0 aromatic carbocycles. The van der Waals surface area contributed by atoms with E-state index in [9.17, 15) is 4.39 Å². The molecule has 0 saturated carbocycles. The lowest BCUT2D eigenvalue weighted by Crippen LogP contribution is -2.13. The van der Waals surface area contributed by atoms with Gasteiger partial charge in [0.1, 0.15) is 6.17 Å². The fourth-order valence-electron chi connectivity index (χ4n) is 0.573. The van der Waals surface area contributed by atoms with Gasteiger partial charge in [0, 0.05) is 12.7 Å². The highest BCUT2D eigenvalue weighted by Crippen LogP contribution is 1.99. The van der Waals surface area contributed by atoms with Gasteiger partial charge in [-0.15, -0.1) is 0 Å². The van der Waals surface area contributed by atoms with Crippen LogP contribution in [0.4, 0.5) is 4.39 Å². The van der Waals surface area contributed by atoms with Gasteiger partial charge in [-0.3, -0.25) is 0 Å². The van der Waals surface area contributed by atoms with E-state index in [1.165, 1.54) is 6.92 Å². The topological polar surface area (TPSA) is 12.0 Å². The lowest BCUT2D eigenvalue weighted by molar-refractivity contribution is 0.396. The number of alkyl halides is 1. The molecule has 0 radical (unpaired) electrons. The molecule has 0 aliphatic carbocycles. The van der Waals surface area contributed by atoms with E-state index >= 15 is 0 Å². The SMILES string of the molecule is CC=C(NC)[C@@H](C)F. The average molecular weight is 117 g/mol. The molecular weight excluding hydrogens is 105 g/mol. The van der Waals surface area contributed by atoms with Crippen molar-refractivity contribution in [1.82, 2.24) is 5.32 Å². The summed E-state index contributed by atoms with van der Waals surface area (Å²) in [5, 5.41) is 2.74. The van der Waals surface area contributed by atoms with E-state index in [4.69, 9.17) is 0 Å². The van der Waals surface area contributed by atoms with Crippen LogP contribution >= 0.6 is 0 Å². The standard InChI is InChI=1S/C6H12FN/c1-4-6(8-3)5(2)7/h4-5,8H,1-3H3/t5-/m1/s1. The maximum Gasteiger partial charge on any atom is 0.136 e. The molecule has 0 aromatic heterocycles. The number of hydrogen-bond donors (Lipinski definition) is 1. The largest absolute Gasteiger partial charge is 0.389 e. The Balaban J connectivity index is 3.72. The Hall–Kier alpha value is -0.530. The van der Waals surface area contributed by atoms with Crippen LogP contribution in [0.1, 0.15) is 13.8 Å². The molecule has 0 fully saturated rings. The number of rotatable bonds is 2. The Morgan fingerprint density at radius 3 is 2.25 bits per heavy atom. The molecule has 0 heterocycles. The van der Waals surface area contributed by atoms with Crippen LogP contribution < -0.4 is 5.32 Å². The van der Waals surface area contributed by atoms with E-state index in [1.54, 1.807) is 13.1 Å². The molecule has 0 rings (SSSR count). The Morgan fingerprint density at radius 1 is 1.75 bits per heavy atom. The van der Waals surface area contributed by atoms with E-state index < -0.39 is 6.17 Å². The van der Waals surface area contributed by atoms with Crippen molar-refractivity contribution in [3.05, 3.63) is 11.8 Å². The predicted octanol–water partition coefficient (Wildman–Crippen LogP) is 1.47. The van der Waals surface area contributed by atoms with Gasteiger partial charge in [0.05, 0.1) is 0 Å². The van der Waals surface area contributed by atoms with Crippen LogP contribution in [0.25, 0.3) is 0 Å². The molecule has 0 amide bonds. The molecule has 1 nitrogen and oxygen atoms in total. The van der Waals surface area contributed by atoms with Crippen molar-refractivity contribution >= 4 is 0 Å². The Bertz CT molecular complexity index is 86.5. The van der Waals surface area contributed by atoms with E-state index in [0.717, 1.165) is 0 Å². The first kappa shape index (κ1) is 7.47. The van der Waals surface area contributed by atoms with Gasteiger partial charge < -0.3 is 5.32 Å². The van der Waals surface area contributed by atoms with E-state index in [2.05, 4.69) is 5.32 Å². The van der Waals surface area contributed by atoms with Gasteiger partial charge in [-0.1, -0.05) is 6.08 Å². The Labute approximate surface area is 49.6 Å². The maximum atomic E-state index is 12.2. The molecule has 0 spiro atoms. The molecule has 0 aliphatic heterocycles. The average Bonchev–Trinajstić information content (AvgIpc) is 1.69. The Kier molecular flexibility index (Phi) is 3.24. The van der Waals surface area contributed by atoms with E-state index in [0.29, 0.717) is 5.70 Å². The van der Waals surface area contributed by atoms with Gasteiger partial charge in [-0.05, 0) is 13.8 Å². The van der Waals surface area contributed by atoms with Crippen molar-refractivity contribution in [3.63, 3.8) is 0 Å². The summed E-state index contributed by atoms with van der Waals surface area (Å²) in [6, 6.07) is 0. The highest BCUT2D eigenvalue weighted by molar-refractivity contribution is 5.01. The third-order valence-electron chi connectivity index (χ3n) is 1.03. The zero-order valence-corrected chi connectivity index (χ0v) is 5.53. The molecule has 8 heavy (non-hydrogen) atoms. The molecule has 0 saturated heterocycles. The van der Waals surface area contributed by atoms with E-state index in [1.807, 2.05) is 6.92 Å². The van der Waals surface area contributed by atoms with Crippen LogP contribution in [-0.4, -0.2) is 13.2 Å². The van der Waals surface area contributed by atoms with E-state index in [-0.39, 0.29) is 0 Å². The maximum absolute atomic E-state index is 12.2. The van der Waals surface area contributed by atoms with Gasteiger partial charge in [-0.2, -0.15) is 0 Å². The summed E-state index contributed by atoms with van der Waals surface area (Å²) in [4.78, 5) is 0. The molecule has 0 bridgehead atoms. The van der Waals surface area contributed by atoms with Gasteiger partial charge in [0.25, 0.3) is 0 Å². The summed E-state index contributed by atoms with van der Waals surface area (Å²) in [6.45, 7) is 3.31.